The van der Waals surface area contributed by atoms with E-state index in [4.69, 9.17) is 21.1 Å². The Hall–Kier alpha value is -3.21. The molecule has 214 valence electrons. The summed E-state index contributed by atoms with van der Waals surface area (Å²) in [6, 6.07) is 5.90. The highest BCUT2D eigenvalue weighted by Crippen LogP contribution is 2.56. The highest BCUT2D eigenvalue weighted by Gasteiger charge is 2.73. The van der Waals surface area contributed by atoms with Gasteiger partial charge < -0.3 is 29.7 Å². The van der Waals surface area contributed by atoms with Crippen molar-refractivity contribution in [3.05, 3.63) is 53.6 Å². The number of fused-ring (bicyclic) bond motifs is 2. The van der Waals surface area contributed by atoms with Crippen LogP contribution < -0.4 is 10.2 Å². The third-order valence-electron chi connectivity index (χ3n) is 7.99. The van der Waals surface area contributed by atoms with Crippen molar-refractivity contribution in [3.8, 4) is 0 Å². The zero-order chi connectivity index (χ0) is 28.4. The second-order valence-corrected chi connectivity index (χ2v) is 11.0. The molecule has 2 saturated heterocycles. The summed E-state index contributed by atoms with van der Waals surface area (Å²) in [5, 5.41) is 12.5. The molecule has 1 spiro atoms. The quantitative estimate of drug-likeness (QED) is 0.314. The largest absolute Gasteiger partial charge is 0.460 e. The van der Waals surface area contributed by atoms with E-state index in [1.54, 1.807) is 49.4 Å². The van der Waals surface area contributed by atoms with E-state index in [-0.39, 0.29) is 44.5 Å². The molecule has 0 radical (unpaired) electrons. The molecule has 5 rings (SSSR count). The van der Waals surface area contributed by atoms with E-state index in [2.05, 4.69) is 5.32 Å². The van der Waals surface area contributed by atoms with Gasteiger partial charge in [0.25, 0.3) is 5.91 Å². The number of carbonyl (C=O) groups excluding carboxylic acids is 4. The highest BCUT2D eigenvalue weighted by molar-refractivity contribution is 6.34. The number of unbranched alkanes of at least 4 members (excludes halogenated alkanes) is 1. The summed E-state index contributed by atoms with van der Waals surface area (Å²) in [7, 11) is 0. The second kappa shape index (κ2) is 11.7. The Labute approximate surface area is 237 Å². The molecule has 11 heteroatoms. The number of amides is 3. The lowest BCUT2D eigenvalue weighted by Gasteiger charge is -2.36. The van der Waals surface area contributed by atoms with Gasteiger partial charge in [0.1, 0.15) is 23.7 Å². The van der Waals surface area contributed by atoms with E-state index in [1.807, 2.05) is 6.08 Å². The number of esters is 1. The predicted octanol–water partition coefficient (Wildman–Crippen LogP) is 1.99. The Bertz CT molecular complexity index is 1240. The summed E-state index contributed by atoms with van der Waals surface area (Å²) in [6.07, 6.45) is 7.37. The average molecular weight is 572 g/mol. The maximum atomic E-state index is 14.5. The van der Waals surface area contributed by atoms with Gasteiger partial charge in [0, 0.05) is 26.1 Å². The van der Waals surface area contributed by atoms with Crippen LogP contribution in [0.1, 0.15) is 32.6 Å². The summed E-state index contributed by atoms with van der Waals surface area (Å²) in [6.45, 7) is 2.13. The Morgan fingerprint density at radius 1 is 1.12 bits per heavy atom. The molecule has 4 aliphatic heterocycles. The second-order valence-electron chi connectivity index (χ2n) is 10.6. The Balaban J connectivity index is 1.59. The van der Waals surface area contributed by atoms with Gasteiger partial charge in [-0.05, 0) is 38.3 Å². The topological polar surface area (TPSA) is 125 Å². The average Bonchev–Trinajstić information content (AvgIpc) is 3.57. The van der Waals surface area contributed by atoms with Gasteiger partial charge in [-0.25, -0.2) is 0 Å². The highest BCUT2D eigenvalue weighted by atomic mass is 35.5. The molecule has 1 aromatic rings. The van der Waals surface area contributed by atoms with Crippen molar-refractivity contribution in [2.45, 2.75) is 56.5 Å². The normalized spacial score (nSPS) is 33.2. The first-order valence-electron chi connectivity index (χ1n) is 13.7. The fraction of sp³-hybridized carbons (Fsp3) is 0.517. The lowest BCUT2D eigenvalue weighted by Crippen LogP contribution is -2.56. The summed E-state index contributed by atoms with van der Waals surface area (Å²) in [5.41, 5.74) is -0.880. The standard InChI is InChI=1S/C29H34ClN3O7/c1-18-17-31-22(35)11-3-2-6-14-32(20-10-5-4-9-19(20)30)27(37)25-29-13-12-21(40-29)23(28(38)39-18)24(29)26(36)33(25)15-7-8-16-34/h2,4-6,9-10,12-13,18,21,23-25,34H,3,7-8,11,14-17H2,1H3,(H,31,35)/b6-2-/t18-,21+,23-,24-,25+,29-/m0/s1. The van der Waals surface area contributed by atoms with Crippen molar-refractivity contribution in [2.24, 2.45) is 11.8 Å². The monoisotopic (exact) mass is 571 g/mol. The van der Waals surface area contributed by atoms with Crippen molar-refractivity contribution in [1.29, 1.82) is 0 Å². The number of halogens is 1. The van der Waals surface area contributed by atoms with Crippen molar-refractivity contribution < 1.29 is 33.8 Å². The van der Waals surface area contributed by atoms with Crippen LogP contribution in [0.15, 0.2) is 48.6 Å². The molecule has 2 N–H and O–H groups in total. The van der Waals surface area contributed by atoms with Gasteiger partial charge >= 0.3 is 5.97 Å². The Kier molecular flexibility index (Phi) is 8.30. The fourth-order valence-corrected chi connectivity index (χ4v) is 6.39. The summed E-state index contributed by atoms with van der Waals surface area (Å²) >= 11 is 6.54. The number of ether oxygens (including phenoxy) is 2. The smallest absolute Gasteiger partial charge is 0.313 e. The summed E-state index contributed by atoms with van der Waals surface area (Å²) in [4.78, 5) is 57.3. The van der Waals surface area contributed by atoms with Crippen LogP contribution in [0.4, 0.5) is 5.69 Å². The number of hydrogen-bond donors (Lipinski definition) is 2. The number of rotatable bonds is 5. The molecule has 4 aliphatic rings. The Morgan fingerprint density at radius 3 is 2.70 bits per heavy atom. The molecule has 0 saturated carbocycles. The lowest BCUT2D eigenvalue weighted by molar-refractivity contribution is -0.158. The van der Waals surface area contributed by atoms with Crippen LogP contribution in [0.2, 0.25) is 5.02 Å². The van der Waals surface area contributed by atoms with Gasteiger partial charge in [0.15, 0.2) is 0 Å². The van der Waals surface area contributed by atoms with Crippen molar-refractivity contribution in [2.75, 3.05) is 31.1 Å². The van der Waals surface area contributed by atoms with E-state index >= 15 is 0 Å². The molecule has 0 unspecified atom stereocenters. The van der Waals surface area contributed by atoms with E-state index in [0.29, 0.717) is 30.0 Å². The number of anilines is 1. The first kappa shape index (κ1) is 28.3. The number of likely N-dealkylation sites (tertiary alicyclic amines) is 1. The molecule has 10 nitrogen and oxygen atoms in total. The molecular weight excluding hydrogens is 538 g/mol. The zero-order valence-corrected chi connectivity index (χ0v) is 23.1. The predicted molar refractivity (Wildman–Crippen MR) is 146 cm³/mol. The number of carbonyl (C=O) groups is 4. The number of aliphatic hydroxyl groups is 1. The van der Waals surface area contributed by atoms with Crippen LogP contribution in [0.3, 0.4) is 0 Å². The molecular formula is C29H34ClN3O7. The lowest BCUT2D eigenvalue weighted by atomic mass is 9.74. The van der Waals surface area contributed by atoms with Gasteiger partial charge in [-0.1, -0.05) is 48.0 Å². The maximum Gasteiger partial charge on any atom is 0.313 e. The van der Waals surface area contributed by atoms with Crippen LogP contribution in [0.25, 0.3) is 0 Å². The molecule has 0 aliphatic carbocycles. The first-order chi connectivity index (χ1) is 19.3. The third kappa shape index (κ3) is 5.04. The molecule has 4 heterocycles. The van der Waals surface area contributed by atoms with Crippen LogP contribution in [-0.4, -0.2) is 83.8 Å². The van der Waals surface area contributed by atoms with Crippen molar-refractivity contribution >= 4 is 41.0 Å². The van der Waals surface area contributed by atoms with E-state index in [1.165, 1.54) is 9.80 Å². The molecule has 3 amide bonds. The summed E-state index contributed by atoms with van der Waals surface area (Å²) in [5.74, 6) is -3.42. The van der Waals surface area contributed by atoms with Gasteiger partial charge in [-0.15, -0.1) is 0 Å². The Morgan fingerprint density at radius 2 is 1.93 bits per heavy atom. The number of benzene rings is 1. The molecule has 40 heavy (non-hydrogen) atoms. The van der Waals surface area contributed by atoms with Crippen molar-refractivity contribution in [1.82, 2.24) is 10.2 Å². The minimum absolute atomic E-state index is 0.0480. The number of nitrogens with one attached hydrogen (secondary N) is 1. The molecule has 5 bridgehead atoms. The number of allylic oxidation sites excluding steroid dienone is 1. The molecule has 2 fully saturated rings. The van der Waals surface area contributed by atoms with Gasteiger partial charge in [-0.3, -0.25) is 19.2 Å². The van der Waals surface area contributed by atoms with Gasteiger partial charge in [0.2, 0.25) is 11.8 Å². The van der Waals surface area contributed by atoms with Gasteiger partial charge in [-0.2, -0.15) is 0 Å². The van der Waals surface area contributed by atoms with Crippen LogP contribution in [0.5, 0.6) is 0 Å². The third-order valence-corrected chi connectivity index (χ3v) is 8.31. The van der Waals surface area contributed by atoms with E-state index < -0.39 is 47.6 Å². The number of para-hydroxylation sites is 1. The van der Waals surface area contributed by atoms with Crippen LogP contribution in [0, 0.1) is 11.8 Å². The SMILES string of the molecule is C[C@H]1CNC(=O)CC/C=C\CN(c2ccccc2Cl)C(=O)[C@H]2N(CCCCO)C(=O)[C@@H]3[C@@H](C(=O)O1)[C@H]1C=C[C@]32O1. The number of nitrogens with zero attached hydrogens (tertiary/aromatic N) is 2. The van der Waals surface area contributed by atoms with Crippen LogP contribution >= 0.6 is 11.6 Å². The minimum Gasteiger partial charge on any atom is -0.460 e. The fourth-order valence-electron chi connectivity index (χ4n) is 6.15. The van der Waals surface area contributed by atoms with Crippen molar-refractivity contribution in [3.63, 3.8) is 0 Å². The molecule has 6 atom stereocenters. The minimum atomic E-state index is -1.35. The van der Waals surface area contributed by atoms with E-state index in [9.17, 15) is 24.3 Å². The first-order valence-corrected chi connectivity index (χ1v) is 14.1. The number of cyclic esters (lactones) is 1. The summed E-state index contributed by atoms with van der Waals surface area (Å²) < 4.78 is 12.0. The number of hydrogen-bond acceptors (Lipinski definition) is 7. The van der Waals surface area contributed by atoms with Crippen LogP contribution in [-0.2, 0) is 28.7 Å². The zero-order valence-electron chi connectivity index (χ0n) is 22.3. The van der Waals surface area contributed by atoms with E-state index in [0.717, 1.165) is 0 Å². The number of aliphatic hydroxyl groups excluding tert-OH is 1. The molecule has 1 aromatic carbocycles. The van der Waals surface area contributed by atoms with Gasteiger partial charge in [0.05, 0.1) is 29.3 Å². The maximum absolute atomic E-state index is 14.5. The molecule has 0 aromatic heterocycles.